The lowest BCUT2D eigenvalue weighted by atomic mass is 10.1. The topological polar surface area (TPSA) is 20.2 Å². The van der Waals surface area contributed by atoms with Crippen LogP contribution in [0.25, 0.3) is 0 Å². The van der Waals surface area contributed by atoms with Crippen molar-refractivity contribution in [1.82, 2.24) is 0 Å². The van der Waals surface area contributed by atoms with E-state index in [1.807, 2.05) is 33.8 Å². The molecule has 1 rings (SSSR count). The maximum atomic E-state index is 9.14. The Labute approximate surface area is 79.0 Å². The van der Waals surface area contributed by atoms with Crippen molar-refractivity contribution in [2.75, 3.05) is 0 Å². The van der Waals surface area contributed by atoms with Gasteiger partial charge < -0.3 is 5.11 Å². The average Bonchev–Trinajstić information content (AvgIpc) is 2.05. The SMILES string of the molecule is CC.Cc1cc(C)c(Cl)cc1O. The Bertz CT molecular complexity index is 206. The van der Waals surface area contributed by atoms with Crippen LogP contribution in [0.2, 0.25) is 5.02 Å². The zero-order chi connectivity index (χ0) is 9.72. The molecule has 0 radical (unpaired) electrons. The third-order valence-electron chi connectivity index (χ3n) is 1.48. The molecule has 0 saturated carbocycles. The highest BCUT2D eigenvalue weighted by Gasteiger charge is 1.99. The minimum Gasteiger partial charge on any atom is -0.508 e. The number of phenols is 1. The van der Waals surface area contributed by atoms with Gasteiger partial charge in [-0.25, -0.2) is 0 Å². The van der Waals surface area contributed by atoms with Gasteiger partial charge in [-0.2, -0.15) is 0 Å². The normalized spacial score (nSPS) is 8.75. The van der Waals surface area contributed by atoms with E-state index in [1.165, 1.54) is 0 Å². The lowest BCUT2D eigenvalue weighted by Crippen LogP contribution is -1.78. The highest BCUT2D eigenvalue weighted by molar-refractivity contribution is 6.31. The van der Waals surface area contributed by atoms with Crippen molar-refractivity contribution in [3.05, 3.63) is 28.3 Å². The summed E-state index contributed by atoms with van der Waals surface area (Å²) in [5.41, 5.74) is 1.86. The van der Waals surface area contributed by atoms with Crippen LogP contribution in [0.3, 0.4) is 0 Å². The molecule has 0 unspecified atom stereocenters. The molecule has 0 amide bonds. The second-order valence-corrected chi connectivity index (χ2v) is 2.80. The largest absolute Gasteiger partial charge is 0.508 e. The fourth-order valence-corrected chi connectivity index (χ4v) is 0.973. The summed E-state index contributed by atoms with van der Waals surface area (Å²) in [4.78, 5) is 0. The van der Waals surface area contributed by atoms with E-state index in [4.69, 9.17) is 16.7 Å². The van der Waals surface area contributed by atoms with Crippen LogP contribution >= 0.6 is 11.6 Å². The van der Waals surface area contributed by atoms with Gasteiger partial charge in [0, 0.05) is 5.02 Å². The molecule has 2 heteroatoms. The zero-order valence-corrected chi connectivity index (χ0v) is 8.74. The molecular formula is C10H15ClO. The lowest BCUT2D eigenvalue weighted by molar-refractivity contribution is 0.471. The summed E-state index contributed by atoms with van der Waals surface area (Å²) < 4.78 is 0. The molecule has 1 aromatic carbocycles. The first-order chi connectivity index (χ1) is 5.61. The Kier molecular flexibility index (Phi) is 4.75. The summed E-state index contributed by atoms with van der Waals surface area (Å²) in [5, 5.41) is 9.75. The number of aromatic hydroxyl groups is 1. The Hall–Kier alpha value is -0.690. The summed E-state index contributed by atoms with van der Waals surface area (Å²) in [6, 6.07) is 3.42. The third kappa shape index (κ3) is 2.74. The Morgan fingerprint density at radius 1 is 1.08 bits per heavy atom. The first-order valence-electron chi connectivity index (χ1n) is 4.07. The van der Waals surface area contributed by atoms with Gasteiger partial charge in [0.15, 0.2) is 0 Å². The van der Waals surface area contributed by atoms with E-state index >= 15 is 0 Å². The Morgan fingerprint density at radius 2 is 1.58 bits per heavy atom. The minimum absolute atomic E-state index is 0.260. The number of hydrogen-bond donors (Lipinski definition) is 1. The van der Waals surface area contributed by atoms with Crippen LogP contribution in [0.5, 0.6) is 5.75 Å². The van der Waals surface area contributed by atoms with E-state index in [9.17, 15) is 0 Å². The van der Waals surface area contributed by atoms with E-state index < -0.39 is 0 Å². The highest BCUT2D eigenvalue weighted by Crippen LogP contribution is 2.24. The second kappa shape index (κ2) is 5.04. The van der Waals surface area contributed by atoms with Gasteiger partial charge in [-0.3, -0.25) is 0 Å². The first kappa shape index (κ1) is 11.3. The molecule has 0 aliphatic heterocycles. The monoisotopic (exact) mass is 186 g/mol. The number of aryl methyl sites for hydroxylation is 2. The summed E-state index contributed by atoms with van der Waals surface area (Å²) in [6.45, 7) is 7.76. The smallest absolute Gasteiger partial charge is 0.119 e. The molecule has 0 fully saturated rings. The predicted molar refractivity (Wildman–Crippen MR) is 53.9 cm³/mol. The van der Waals surface area contributed by atoms with Crippen LogP contribution in [0, 0.1) is 13.8 Å². The summed E-state index contributed by atoms with van der Waals surface area (Å²) in [7, 11) is 0. The zero-order valence-electron chi connectivity index (χ0n) is 7.98. The van der Waals surface area contributed by atoms with Crippen LogP contribution in [0.4, 0.5) is 0 Å². The fraction of sp³-hybridized carbons (Fsp3) is 0.400. The van der Waals surface area contributed by atoms with Crippen LogP contribution in [-0.2, 0) is 0 Å². The van der Waals surface area contributed by atoms with Gasteiger partial charge in [-0.05, 0) is 31.0 Å². The van der Waals surface area contributed by atoms with E-state index in [1.54, 1.807) is 6.07 Å². The van der Waals surface area contributed by atoms with Crippen molar-refractivity contribution in [3.8, 4) is 5.75 Å². The van der Waals surface area contributed by atoms with Gasteiger partial charge in [-0.1, -0.05) is 31.5 Å². The number of halogens is 1. The second-order valence-electron chi connectivity index (χ2n) is 2.39. The maximum Gasteiger partial charge on any atom is 0.119 e. The standard InChI is InChI=1S/C8H9ClO.C2H6/c1-5-3-6(2)8(10)4-7(5)9;1-2/h3-4,10H,1-2H3;1-2H3. The third-order valence-corrected chi connectivity index (χ3v) is 1.88. The van der Waals surface area contributed by atoms with Crippen molar-refractivity contribution in [3.63, 3.8) is 0 Å². The molecule has 0 heterocycles. The Balaban J connectivity index is 0.000000561. The van der Waals surface area contributed by atoms with Gasteiger partial charge in [0.05, 0.1) is 0 Å². The molecule has 0 saturated heterocycles. The lowest BCUT2D eigenvalue weighted by Gasteiger charge is -2.01. The molecule has 0 aromatic heterocycles. The molecule has 0 aliphatic carbocycles. The molecular weight excluding hydrogens is 172 g/mol. The van der Waals surface area contributed by atoms with Crippen molar-refractivity contribution in [2.45, 2.75) is 27.7 Å². The van der Waals surface area contributed by atoms with Gasteiger partial charge in [-0.15, -0.1) is 0 Å². The predicted octanol–water partition coefficient (Wildman–Crippen LogP) is 3.69. The van der Waals surface area contributed by atoms with E-state index in [-0.39, 0.29) is 5.75 Å². The summed E-state index contributed by atoms with van der Waals surface area (Å²) in [5.74, 6) is 0.260. The van der Waals surface area contributed by atoms with Gasteiger partial charge in [0.2, 0.25) is 0 Å². The van der Waals surface area contributed by atoms with Crippen molar-refractivity contribution in [2.24, 2.45) is 0 Å². The van der Waals surface area contributed by atoms with E-state index in [2.05, 4.69) is 0 Å². The van der Waals surface area contributed by atoms with Crippen molar-refractivity contribution >= 4 is 11.6 Å². The van der Waals surface area contributed by atoms with Crippen LogP contribution < -0.4 is 0 Å². The number of rotatable bonds is 0. The molecule has 1 nitrogen and oxygen atoms in total. The van der Waals surface area contributed by atoms with Crippen molar-refractivity contribution in [1.29, 1.82) is 0 Å². The van der Waals surface area contributed by atoms with Crippen LogP contribution in [0.1, 0.15) is 25.0 Å². The number of phenolic OH excluding ortho intramolecular Hbond substituents is 1. The minimum atomic E-state index is 0.260. The first-order valence-corrected chi connectivity index (χ1v) is 4.45. The quantitative estimate of drug-likeness (QED) is 0.655. The van der Waals surface area contributed by atoms with Crippen LogP contribution in [-0.4, -0.2) is 5.11 Å². The van der Waals surface area contributed by atoms with Gasteiger partial charge in [0.25, 0.3) is 0 Å². The molecule has 1 aromatic rings. The summed E-state index contributed by atoms with van der Waals surface area (Å²) >= 11 is 5.73. The highest BCUT2D eigenvalue weighted by atomic mass is 35.5. The van der Waals surface area contributed by atoms with E-state index in [0.717, 1.165) is 11.1 Å². The fourth-order valence-electron chi connectivity index (χ4n) is 0.815. The summed E-state index contributed by atoms with van der Waals surface area (Å²) in [6.07, 6.45) is 0. The molecule has 0 atom stereocenters. The number of benzene rings is 1. The average molecular weight is 187 g/mol. The molecule has 0 aliphatic rings. The van der Waals surface area contributed by atoms with E-state index in [0.29, 0.717) is 5.02 Å². The molecule has 0 spiro atoms. The molecule has 1 N–H and O–H groups in total. The van der Waals surface area contributed by atoms with Gasteiger partial charge in [0.1, 0.15) is 5.75 Å². The van der Waals surface area contributed by atoms with Gasteiger partial charge >= 0.3 is 0 Å². The molecule has 68 valence electrons. The maximum absolute atomic E-state index is 9.14. The number of hydrogen-bond acceptors (Lipinski definition) is 1. The van der Waals surface area contributed by atoms with Crippen molar-refractivity contribution < 1.29 is 5.11 Å². The molecule has 12 heavy (non-hydrogen) atoms. The molecule has 0 bridgehead atoms. The van der Waals surface area contributed by atoms with Crippen LogP contribution in [0.15, 0.2) is 12.1 Å². The Morgan fingerprint density at radius 3 is 2.00 bits per heavy atom.